The van der Waals surface area contributed by atoms with Gasteiger partial charge in [-0.1, -0.05) is 19.9 Å². The minimum absolute atomic E-state index is 0.290. The Kier molecular flexibility index (Phi) is 7.23. The maximum absolute atomic E-state index is 12.5. The van der Waals surface area contributed by atoms with E-state index in [2.05, 4.69) is 13.8 Å². The standard InChI is InChI=1S/C24H29NO6S/c1-16(2)21-9-8-20(12-17(21)3)30-15-24(27)31-14-23(26)19-7-10-22-18(13-19)6-5-11-25(22)32(4,28)29/h7-10,12-13,16H,5-6,11,14-15H2,1-4H3. The number of benzene rings is 2. The first kappa shape index (κ1) is 23.8. The molecule has 0 aromatic heterocycles. The molecule has 0 N–H and O–H groups in total. The zero-order chi connectivity index (χ0) is 23.5. The second-order valence-electron chi connectivity index (χ2n) is 8.33. The number of carbonyl (C=O) groups excluding carboxylic acids is 2. The number of hydrogen-bond acceptors (Lipinski definition) is 6. The van der Waals surface area contributed by atoms with E-state index in [1.165, 1.54) is 16.1 Å². The molecule has 1 aliphatic rings. The number of nitrogens with zero attached hydrogens (tertiary/aromatic N) is 1. The van der Waals surface area contributed by atoms with Gasteiger partial charge in [0.2, 0.25) is 10.0 Å². The highest BCUT2D eigenvalue weighted by atomic mass is 32.2. The maximum Gasteiger partial charge on any atom is 0.344 e. The summed E-state index contributed by atoms with van der Waals surface area (Å²) in [6.45, 7) is 5.95. The van der Waals surface area contributed by atoms with Crippen LogP contribution in [0, 0.1) is 6.92 Å². The summed E-state index contributed by atoms with van der Waals surface area (Å²) in [6, 6.07) is 10.5. The van der Waals surface area contributed by atoms with E-state index in [1.807, 2.05) is 25.1 Å². The molecule has 1 aliphatic heterocycles. The highest BCUT2D eigenvalue weighted by Gasteiger charge is 2.25. The van der Waals surface area contributed by atoms with Crippen LogP contribution in [-0.4, -0.2) is 46.2 Å². The third-order valence-electron chi connectivity index (χ3n) is 5.46. The monoisotopic (exact) mass is 459 g/mol. The molecule has 0 radical (unpaired) electrons. The molecule has 0 spiro atoms. The summed E-state index contributed by atoms with van der Waals surface area (Å²) < 4.78 is 35.8. The number of carbonyl (C=O) groups is 2. The molecule has 2 aromatic rings. The lowest BCUT2D eigenvalue weighted by molar-refractivity contribution is -0.144. The van der Waals surface area contributed by atoms with Crippen molar-refractivity contribution in [1.29, 1.82) is 0 Å². The number of ketones is 1. The number of Topliss-reactive ketones (excluding diaryl/α,β-unsaturated/α-hetero) is 1. The second-order valence-corrected chi connectivity index (χ2v) is 10.2. The van der Waals surface area contributed by atoms with E-state index in [0.29, 0.717) is 42.3 Å². The molecule has 0 bridgehead atoms. The second kappa shape index (κ2) is 9.73. The first-order chi connectivity index (χ1) is 15.1. The van der Waals surface area contributed by atoms with Crippen LogP contribution in [0.3, 0.4) is 0 Å². The van der Waals surface area contributed by atoms with Gasteiger partial charge in [0.15, 0.2) is 19.0 Å². The van der Waals surface area contributed by atoms with Crippen LogP contribution in [0.25, 0.3) is 0 Å². The molecule has 0 saturated heterocycles. The number of anilines is 1. The largest absolute Gasteiger partial charge is 0.482 e. The predicted octanol–water partition coefficient (Wildman–Crippen LogP) is 3.64. The van der Waals surface area contributed by atoms with Gasteiger partial charge < -0.3 is 9.47 Å². The van der Waals surface area contributed by atoms with Crippen LogP contribution in [0.4, 0.5) is 5.69 Å². The number of esters is 1. The first-order valence-electron chi connectivity index (χ1n) is 10.6. The number of ether oxygens (including phenoxy) is 2. The predicted molar refractivity (Wildman–Crippen MR) is 123 cm³/mol. The van der Waals surface area contributed by atoms with Crippen molar-refractivity contribution in [3.63, 3.8) is 0 Å². The normalized spacial score (nSPS) is 13.6. The van der Waals surface area contributed by atoms with Crippen LogP contribution >= 0.6 is 0 Å². The van der Waals surface area contributed by atoms with E-state index >= 15 is 0 Å². The summed E-state index contributed by atoms with van der Waals surface area (Å²) in [5.41, 5.74) is 4.08. The molecule has 2 aromatic carbocycles. The van der Waals surface area contributed by atoms with Crippen molar-refractivity contribution in [1.82, 2.24) is 0 Å². The van der Waals surface area contributed by atoms with Crippen molar-refractivity contribution < 1.29 is 27.5 Å². The van der Waals surface area contributed by atoms with E-state index in [1.54, 1.807) is 18.2 Å². The molecule has 0 aliphatic carbocycles. The third-order valence-corrected chi connectivity index (χ3v) is 6.64. The number of fused-ring (bicyclic) bond motifs is 1. The van der Waals surface area contributed by atoms with Crippen molar-refractivity contribution in [3.05, 3.63) is 58.7 Å². The van der Waals surface area contributed by atoms with Crippen LogP contribution < -0.4 is 9.04 Å². The quantitative estimate of drug-likeness (QED) is 0.442. The number of rotatable bonds is 8. The summed E-state index contributed by atoms with van der Waals surface area (Å²) in [6.07, 6.45) is 2.54. The zero-order valence-corrected chi connectivity index (χ0v) is 19.7. The Balaban J connectivity index is 1.55. The van der Waals surface area contributed by atoms with Crippen molar-refractivity contribution in [2.75, 3.05) is 30.3 Å². The number of hydrogen-bond donors (Lipinski definition) is 0. The summed E-state index contributed by atoms with van der Waals surface area (Å²) in [4.78, 5) is 24.5. The van der Waals surface area contributed by atoms with Gasteiger partial charge in [0, 0.05) is 12.1 Å². The van der Waals surface area contributed by atoms with Gasteiger partial charge in [-0.25, -0.2) is 13.2 Å². The molecule has 1 heterocycles. The fraction of sp³-hybridized carbons (Fsp3) is 0.417. The Hall–Kier alpha value is -2.87. The molecule has 7 nitrogen and oxygen atoms in total. The zero-order valence-electron chi connectivity index (χ0n) is 18.9. The molecule has 32 heavy (non-hydrogen) atoms. The van der Waals surface area contributed by atoms with Crippen LogP contribution in [0.5, 0.6) is 5.75 Å². The van der Waals surface area contributed by atoms with Crippen molar-refractivity contribution in [2.45, 2.75) is 39.5 Å². The Bertz CT molecular complexity index is 1120. The molecule has 3 rings (SSSR count). The topological polar surface area (TPSA) is 90.0 Å². The average molecular weight is 460 g/mol. The first-order valence-corrected chi connectivity index (χ1v) is 12.4. The van der Waals surface area contributed by atoms with E-state index in [0.717, 1.165) is 11.1 Å². The lowest BCUT2D eigenvalue weighted by Gasteiger charge is -2.29. The van der Waals surface area contributed by atoms with Crippen LogP contribution in [0.2, 0.25) is 0 Å². The van der Waals surface area contributed by atoms with Crippen molar-refractivity contribution in [2.24, 2.45) is 0 Å². The molecule has 0 atom stereocenters. The molecule has 0 fully saturated rings. The van der Waals surface area contributed by atoms with Crippen LogP contribution in [0.1, 0.15) is 53.2 Å². The van der Waals surface area contributed by atoms with Gasteiger partial charge in [0.25, 0.3) is 0 Å². The fourth-order valence-electron chi connectivity index (χ4n) is 3.88. The van der Waals surface area contributed by atoms with E-state index in [4.69, 9.17) is 9.47 Å². The van der Waals surface area contributed by atoms with Crippen molar-refractivity contribution in [3.8, 4) is 5.75 Å². The van der Waals surface area contributed by atoms with Gasteiger partial charge in [0.05, 0.1) is 11.9 Å². The smallest absolute Gasteiger partial charge is 0.344 e. The van der Waals surface area contributed by atoms with Crippen LogP contribution in [0.15, 0.2) is 36.4 Å². The maximum atomic E-state index is 12.5. The summed E-state index contributed by atoms with van der Waals surface area (Å²) >= 11 is 0. The SMILES string of the molecule is Cc1cc(OCC(=O)OCC(=O)c2ccc3c(c2)CCCN3S(C)(=O)=O)ccc1C(C)C. The lowest BCUT2D eigenvalue weighted by Crippen LogP contribution is -2.34. The van der Waals surface area contributed by atoms with E-state index < -0.39 is 22.6 Å². The highest BCUT2D eigenvalue weighted by molar-refractivity contribution is 7.92. The van der Waals surface area contributed by atoms with Gasteiger partial charge in [-0.2, -0.15) is 0 Å². The molecule has 8 heteroatoms. The fourth-order valence-corrected chi connectivity index (χ4v) is 4.88. The molecule has 0 unspecified atom stereocenters. The Morgan fingerprint density at radius 2 is 1.84 bits per heavy atom. The minimum Gasteiger partial charge on any atom is -0.482 e. The lowest BCUT2D eigenvalue weighted by atomic mass is 9.98. The third kappa shape index (κ3) is 5.68. The molecule has 0 amide bonds. The molecule has 172 valence electrons. The molecular formula is C24H29NO6S. The Morgan fingerprint density at radius 1 is 1.09 bits per heavy atom. The highest BCUT2D eigenvalue weighted by Crippen LogP contribution is 2.30. The number of aryl methyl sites for hydroxylation is 2. The Labute approximate surface area is 189 Å². The number of sulfonamides is 1. The van der Waals surface area contributed by atoms with E-state index in [9.17, 15) is 18.0 Å². The van der Waals surface area contributed by atoms with Crippen molar-refractivity contribution >= 4 is 27.5 Å². The van der Waals surface area contributed by atoms with Gasteiger partial charge >= 0.3 is 5.97 Å². The van der Waals surface area contributed by atoms with Gasteiger partial charge in [-0.05, 0) is 72.7 Å². The van der Waals surface area contributed by atoms with Gasteiger partial charge in [-0.3, -0.25) is 9.10 Å². The minimum atomic E-state index is -3.37. The molecule has 0 saturated carbocycles. The van der Waals surface area contributed by atoms with Gasteiger partial charge in [-0.15, -0.1) is 0 Å². The van der Waals surface area contributed by atoms with Crippen LogP contribution in [-0.2, 0) is 26.0 Å². The van der Waals surface area contributed by atoms with E-state index in [-0.39, 0.29) is 12.4 Å². The Morgan fingerprint density at radius 3 is 2.50 bits per heavy atom. The average Bonchev–Trinajstić information content (AvgIpc) is 2.74. The molecular weight excluding hydrogens is 430 g/mol. The summed E-state index contributed by atoms with van der Waals surface area (Å²) in [5.74, 6) is -0.0155. The summed E-state index contributed by atoms with van der Waals surface area (Å²) in [5, 5.41) is 0. The summed E-state index contributed by atoms with van der Waals surface area (Å²) in [7, 11) is -3.37. The van der Waals surface area contributed by atoms with Gasteiger partial charge in [0.1, 0.15) is 5.75 Å².